The van der Waals surface area contributed by atoms with Crippen LogP contribution >= 0.6 is 0 Å². The predicted molar refractivity (Wildman–Crippen MR) is 174 cm³/mol. The minimum absolute atomic E-state index is 0.784. The van der Waals surface area contributed by atoms with Crippen LogP contribution in [0, 0.1) is 0 Å². The maximum absolute atomic E-state index is 6.33. The molecule has 2 aromatic heterocycles. The van der Waals surface area contributed by atoms with E-state index in [2.05, 4.69) is 113 Å². The molecule has 0 bridgehead atoms. The number of aromatic nitrogens is 3. The zero-order valence-corrected chi connectivity index (χ0v) is 23.2. The van der Waals surface area contributed by atoms with E-state index in [9.17, 15) is 0 Å². The summed E-state index contributed by atoms with van der Waals surface area (Å²) in [6.07, 6.45) is 0. The largest absolute Gasteiger partial charge is 0.456 e. The quantitative estimate of drug-likeness (QED) is 0.214. The molecule has 202 valence electrons. The van der Waals surface area contributed by atoms with Gasteiger partial charge in [-0.15, -0.1) is 10.2 Å². The maximum Gasteiger partial charge on any atom is 0.136 e. The molecule has 0 amide bonds. The van der Waals surface area contributed by atoms with Gasteiger partial charge in [0.15, 0.2) is 0 Å². The van der Waals surface area contributed by atoms with Gasteiger partial charge in [-0.05, 0) is 45.7 Å². The Morgan fingerprint density at radius 3 is 1.65 bits per heavy atom. The van der Waals surface area contributed by atoms with Gasteiger partial charge in [0.25, 0.3) is 0 Å². The highest BCUT2D eigenvalue weighted by molar-refractivity contribution is 6.16. The van der Waals surface area contributed by atoms with Gasteiger partial charge in [-0.2, -0.15) is 0 Å². The lowest BCUT2D eigenvalue weighted by atomic mass is 9.86. The van der Waals surface area contributed by atoms with E-state index in [1.54, 1.807) is 0 Å². The minimum Gasteiger partial charge on any atom is -0.456 e. The highest BCUT2D eigenvalue weighted by Gasteiger charge is 2.23. The molecule has 4 heteroatoms. The number of para-hydroxylation sites is 1. The minimum atomic E-state index is 0.784. The van der Waals surface area contributed by atoms with Crippen molar-refractivity contribution in [3.8, 4) is 55.9 Å². The Kier molecular flexibility index (Phi) is 6.08. The van der Waals surface area contributed by atoms with Crippen LogP contribution in [0.25, 0.3) is 77.8 Å². The molecule has 0 aliphatic heterocycles. The smallest absolute Gasteiger partial charge is 0.136 e. The van der Waals surface area contributed by atoms with Gasteiger partial charge in [0, 0.05) is 33.0 Å². The first kappa shape index (κ1) is 24.9. The molecule has 6 aromatic carbocycles. The molecule has 0 aliphatic carbocycles. The second-order valence-corrected chi connectivity index (χ2v) is 10.5. The molecule has 0 saturated carbocycles. The number of fused-ring (bicyclic) bond motifs is 3. The van der Waals surface area contributed by atoms with E-state index in [0.29, 0.717) is 0 Å². The molecule has 0 N–H and O–H groups in total. The van der Waals surface area contributed by atoms with Crippen molar-refractivity contribution in [2.24, 2.45) is 0 Å². The first-order valence-corrected chi connectivity index (χ1v) is 14.3. The number of nitrogens with zero attached hydrogens (tertiary/aromatic N) is 3. The average Bonchev–Trinajstić information content (AvgIpc) is 3.47. The molecule has 0 radical (unpaired) electrons. The van der Waals surface area contributed by atoms with E-state index in [4.69, 9.17) is 9.52 Å². The van der Waals surface area contributed by atoms with Crippen LogP contribution in [0.15, 0.2) is 156 Å². The third kappa shape index (κ3) is 4.28. The monoisotopic (exact) mass is 551 g/mol. The molecule has 8 aromatic rings. The Balaban J connectivity index is 1.45. The first-order valence-electron chi connectivity index (χ1n) is 14.3. The van der Waals surface area contributed by atoms with E-state index in [0.717, 1.165) is 77.8 Å². The van der Waals surface area contributed by atoms with Crippen molar-refractivity contribution >= 4 is 21.9 Å². The number of hydrogen-bond acceptors (Lipinski definition) is 4. The molecule has 0 saturated heterocycles. The van der Waals surface area contributed by atoms with E-state index >= 15 is 0 Å². The lowest BCUT2D eigenvalue weighted by Gasteiger charge is -2.18. The van der Waals surface area contributed by atoms with Crippen LogP contribution in [0.1, 0.15) is 0 Å². The van der Waals surface area contributed by atoms with Crippen molar-refractivity contribution in [2.75, 3.05) is 0 Å². The number of hydrogen-bond donors (Lipinski definition) is 0. The van der Waals surface area contributed by atoms with Gasteiger partial charge >= 0.3 is 0 Å². The van der Waals surface area contributed by atoms with Crippen LogP contribution in [0.3, 0.4) is 0 Å². The highest BCUT2D eigenvalue weighted by atomic mass is 16.3. The fourth-order valence-corrected chi connectivity index (χ4v) is 6.06. The summed E-state index contributed by atoms with van der Waals surface area (Å²) in [5.74, 6) is 0. The van der Waals surface area contributed by atoms with Crippen LogP contribution in [0.2, 0.25) is 0 Å². The van der Waals surface area contributed by atoms with Crippen LogP contribution < -0.4 is 0 Å². The summed E-state index contributed by atoms with van der Waals surface area (Å²) in [6.45, 7) is 0. The highest BCUT2D eigenvalue weighted by Crippen LogP contribution is 2.46. The van der Waals surface area contributed by atoms with Gasteiger partial charge in [-0.1, -0.05) is 133 Å². The van der Waals surface area contributed by atoms with Crippen LogP contribution in [0.5, 0.6) is 0 Å². The van der Waals surface area contributed by atoms with Crippen molar-refractivity contribution in [2.45, 2.75) is 0 Å². The van der Waals surface area contributed by atoms with Crippen LogP contribution in [-0.2, 0) is 0 Å². The second kappa shape index (κ2) is 10.5. The van der Waals surface area contributed by atoms with Crippen molar-refractivity contribution in [3.63, 3.8) is 0 Å². The molecule has 0 spiro atoms. The van der Waals surface area contributed by atoms with E-state index in [1.807, 2.05) is 48.5 Å². The van der Waals surface area contributed by atoms with Crippen molar-refractivity contribution in [3.05, 3.63) is 152 Å². The van der Waals surface area contributed by atoms with Gasteiger partial charge in [-0.25, -0.2) is 0 Å². The fraction of sp³-hybridized carbons (Fsp3) is 0. The summed E-state index contributed by atoms with van der Waals surface area (Å²) < 4.78 is 6.33. The molecular formula is C39H25N3O. The molecule has 4 nitrogen and oxygen atoms in total. The molecule has 0 aliphatic rings. The summed E-state index contributed by atoms with van der Waals surface area (Å²) in [4.78, 5) is 0. The van der Waals surface area contributed by atoms with Crippen LogP contribution in [0.4, 0.5) is 0 Å². The van der Waals surface area contributed by atoms with Crippen molar-refractivity contribution < 1.29 is 4.42 Å². The Labute approximate surface area is 248 Å². The zero-order chi connectivity index (χ0) is 28.6. The standard InChI is InChI=1S/C39H25N3O/c1-4-14-26(15-5-1)35-30(24-25-34-37(35)32-22-12-13-23-33(32)43-34)29-20-10-11-21-31(29)39-36(27-16-6-2-7-17-27)38(40-42-41-39)28-18-8-3-9-19-28/h1-25H. The molecule has 0 unspecified atom stereocenters. The lowest BCUT2D eigenvalue weighted by Crippen LogP contribution is -2.01. The number of furan rings is 1. The fourth-order valence-electron chi connectivity index (χ4n) is 6.06. The van der Waals surface area contributed by atoms with Gasteiger partial charge in [0.2, 0.25) is 0 Å². The van der Waals surface area contributed by atoms with Gasteiger partial charge in [-0.3, -0.25) is 0 Å². The average molecular weight is 552 g/mol. The van der Waals surface area contributed by atoms with E-state index in [-0.39, 0.29) is 0 Å². The normalized spacial score (nSPS) is 11.3. The molecular weight excluding hydrogens is 526 g/mol. The number of rotatable bonds is 5. The van der Waals surface area contributed by atoms with Gasteiger partial charge in [0.1, 0.15) is 22.6 Å². The zero-order valence-electron chi connectivity index (χ0n) is 23.2. The Morgan fingerprint density at radius 1 is 0.372 bits per heavy atom. The lowest BCUT2D eigenvalue weighted by molar-refractivity contribution is 0.669. The Hall–Kier alpha value is -5.87. The summed E-state index contributed by atoms with van der Waals surface area (Å²) in [6, 6.07) is 52.0. The maximum atomic E-state index is 6.33. The van der Waals surface area contributed by atoms with Crippen LogP contribution in [-0.4, -0.2) is 15.4 Å². The first-order chi connectivity index (χ1) is 21.4. The summed E-state index contributed by atoms with van der Waals surface area (Å²) >= 11 is 0. The molecule has 2 heterocycles. The Bertz CT molecular complexity index is 2220. The van der Waals surface area contributed by atoms with Gasteiger partial charge < -0.3 is 4.42 Å². The third-order valence-corrected chi connectivity index (χ3v) is 7.95. The topological polar surface area (TPSA) is 51.8 Å². The SMILES string of the molecule is c1ccc(-c2nnnc(-c3ccccc3-c3ccc4oc5ccccc5c4c3-c3ccccc3)c2-c2ccccc2)cc1. The summed E-state index contributed by atoms with van der Waals surface area (Å²) in [5.41, 5.74) is 11.7. The predicted octanol–water partition coefficient (Wildman–Crippen LogP) is 10.1. The number of benzene rings is 6. The van der Waals surface area contributed by atoms with Gasteiger partial charge in [0.05, 0.1) is 0 Å². The molecule has 0 atom stereocenters. The van der Waals surface area contributed by atoms with E-state index < -0.39 is 0 Å². The summed E-state index contributed by atoms with van der Waals surface area (Å²) in [5, 5.41) is 15.8. The second-order valence-electron chi connectivity index (χ2n) is 10.5. The molecule has 43 heavy (non-hydrogen) atoms. The summed E-state index contributed by atoms with van der Waals surface area (Å²) in [7, 11) is 0. The molecule has 8 rings (SSSR count). The Morgan fingerprint density at radius 2 is 0.930 bits per heavy atom. The van der Waals surface area contributed by atoms with E-state index in [1.165, 1.54) is 0 Å². The third-order valence-electron chi connectivity index (χ3n) is 7.95. The van der Waals surface area contributed by atoms with Crippen molar-refractivity contribution in [1.29, 1.82) is 0 Å². The van der Waals surface area contributed by atoms with Crippen molar-refractivity contribution in [1.82, 2.24) is 15.4 Å². The molecule has 0 fully saturated rings.